The first-order valence-corrected chi connectivity index (χ1v) is 6.71. The molecule has 2 heteroatoms. The largest absolute Gasteiger partial charge is 0.372 e. The molecule has 0 radical (unpaired) electrons. The second kappa shape index (κ2) is 4.83. The van der Waals surface area contributed by atoms with E-state index in [1.807, 2.05) is 6.92 Å². The van der Waals surface area contributed by atoms with Crippen LogP contribution >= 0.6 is 0 Å². The molecule has 0 atom stereocenters. The molecule has 1 heterocycles. The minimum Gasteiger partial charge on any atom is -0.372 e. The second-order valence-electron chi connectivity index (χ2n) is 6.67. The van der Waals surface area contributed by atoms with Crippen molar-refractivity contribution in [2.45, 2.75) is 66.3 Å². The highest BCUT2D eigenvalue weighted by molar-refractivity contribution is 5.96. The summed E-state index contributed by atoms with van der Waals surface area (Å²) in [5.41, 5.74) is 1.12. The molecular weight excluding hydrogens is 210 g/mol. The van der Waals surface area contributed by atoms with E-state index in [2.05, 4.69) is 45.7 Å². The molecule has 0 aliphatic carbocycles. The molecule has 17 heavy (non-hydrogen) atoms. The third-order valence-electron chi connectivity index (χ3n) is 3.70. The Kier molecular flexibility index (Phi) is 4.06. The molecule has 1 aliphatic heterocycles. The fourth-order valence-corrected chi connectivity index (χ4v) is 2.39. The van der Waals surface area contributed by atoms with Crippen LogP contribution in [0.3, 0.4) is 0 Å². The van der Waals surface area contributed by atoms with E-state index >= 15 is 0 Å². The minimum absolute atomic E-state index is 0.0209. The van der Waals surface area contributed by atoms with Crippen LogP contribution in [0.25, 0.3) is 0 Å². The van der Waals surface area contributed by atoms with Gasteiger partial charge >= 0.3 is 0 Å². The van der Waals surface area contributed by atoms with Crippen molar-refractivity contribution in [2.75, 3.05) is 6.54 Å². The average Bonchev–Trinajstić information content (AvgIpc) is 2.34. The van der Waals surface area contributed by atoms with E-state index in [0.717, 1.165) is 25.0 Å². The lowest BCUT2D eigenvalue weighted by molar-refractivity contribution is -0.116. The van der Waals surface area contributed by atoms with Crippen molar-refractivity contribution in [3.8, 4) is 0 Å². The average molecular weight is 237 g/mol. The highest BCUT2D eigenvalue weighted by atomic mass is 16.1. The van der Waals surface area contributed by atoms with Gasteiger partial charge in [0.05, 0.1) is 0 Å². The Morgan fingerprint density at radius 2 is 2.00 bits per heavy atom. The zero-order valence-electron chi connectivity index (χ0n) is 12.3. The van der Waals surface area contributed by atoms with E-state index in [1.54, 1.807) is 0 Å². The van der Waals surface area contributed by atoms with E-state index in [-0.39, 0.29) is 11.0 Å². The summed E-state index contributed by atoms with van der Waals surface area (Å²) in [5, 5.41) is 0. The van der Waals surface area contributed by atoms with E-state index in [9.17, 15) is 4.79 Å². The fourth-order valence-electron chi connectivity index (χ4n) is 2.39. The van der Waals surface area contributed by atoms with Gasteiger partial charge in [0.15, 0.2) is 5.78 Å². The van der Waals surface area contributed by atoms with Crippen LogP contribution in [0, 0.1) is 5.41 Å². The van der Waals surface area contributed by atoms with Gasteiger partial charge in [-0.15, -0.1) is 0 Å². The van der Waals surface area contributed by atoms with Crippen molar-refractivity contribution in [1.82, 2.24) is 4.90 Å². The van der Waals surface area contributed by atoms with Crippen LogP contribution in [0.2, 0.25) is 0 Å². The Labute approximate surface area is 106 Å². The molecule has 2 nitrogen and oxygen atoms in total. The van der Waals surface area contributed by atoms with Crippen molar-refractivity contribution in [2.24, 2.45) is 5.41 Å². The normalized spacial score (nSPS) is 20.8. The number of carbonyl (C=O) groups is 1. The SMILES string of the molecule is CCC(=O)C1=CN(C(C)(C)C)CCCC1(C)C. The van der Waals surface area contributed by atoms with E-state index in [4.69, 9.17) is 0 Å². The molecule has 98 valence electrons. The summed E-state index contributed by atoms with van der Waals surface area (Å²) in [7, 11) is 0. The highest BCUT2D eigenvalue weighted by Crippen LogP contribution is 2.36. The van der Waals surface area contributed by atoms with E-state index in [1.165, 1.54) is 0 Å². The molecule has 0 saturated heterocycles. The molecule has 0 amide bonds. The first-order valence-electron chi connectivity index (χ1n) is 6.71. The Bertz CT molecular complexity index is 320. The molecular formula is C15H27NO. The summed E-state index contributed by atoms with van der Waals surface area (Å²) in [6.45, 7) is 14.0. The fraction of sp³-hybridized carbons (Fsp3) is 0.800. The number of hydrogen-bond donors (Lipinski definition) is 0. The van der Waals surface area contributed by atoms with Crippen molar-refractivity contribution >= 4 is 5.78 Å². The van der Waals surface area contributed by atoms with Gasteiger partial charge in [0.1, 0.15) is 0 Å². The van der Waals surface area contributed by atoms with Crippen molar-refractivity contribution in [1.29, 1.82) is 0 Å². The molecule has 1 rings (SSSR count). The lowest BCUT2D eigenvalue weighted by Crippen LogP contribution is -2.38. The molecule has 0 N–H and O–H groups in total. The van der Waals surface area contributed by atoms with Gasteiger partial charge in [0.2, 0.25) is 0 Å². The molecule has 0 fully saturated rings. The van der Waals surface area contributed by atoms with E-state index < -0.39 is 0 Å². The van der Waals surface area contributed by atoms with Crippen LogP contribution < -0.4 is 0 Å². The number of Topliss-reactive ketones (excluding diaryl/α,β-unsaturated/α-hetero) is 1. The van der Waals surface area contributed by atoms with Gasteiger partial charge in [-0.1, -0.05) is 20.8 Å². The summed E-state index contributed by atoms with van der Waals surface area (Å²) >= 11 is 0. The van der Waals surface area contributed by atoms with Gasteiger partial charge < -0.3 is 4.90 Å². The van der Waals surface area contributed by atoms with Crippen molar-refractivity contribution in [3.63, 3.8) is 0 Å². The molecule has 0 spiro atoms. The summed E-state index contributed by atoms with van der Waals surface area (Å²) < 4.78 is 0. The predicted molar refractivity (Wildman–Crippen MR) is 72.9 cm³/mol. The zero-order valence-corrected chi connectivity index (χ0v) is 12.3. The second-order valence-corrected chi connectivity index (χ2v) is 6.67. The van der Waals surface area contributed by atoms with Gasteiger partial charge in [-0.05, 0) is 39.0 Å². The van der Waals surface area contributed by atoms with Crippen LogP contribution in [0.1, 0.15) is 60.8 Å². The smallest absolute Gasteiger partial charge is 0.160 e. The van der Waals surface area contributed by atoms with Crippen molar-refractivity contribution in [3.05, 3.63) is 11.8 Å². The lowest BCUT2D eigenvalue weighted by atomic mass is 9.78. The third kappa shape index (κ3) is 3.34. The molecule has 0 aromatic carbocycles. The highest BCUT2D eigenvalue weighted by Gasteiger charge is 2.32. The minimum atomic E-state index is 0.0209. The number of allylic oxidation sites excluding steroid dienone is 1. The van der Waals surface area contributed by atoms with Gasteiger partial charge in [0, 0.05) is 30.3 Å². The molecule has 1 aliphatic rings. The maximum Gasteiger partial charge on any atom is 0.160 e. The number of ketones is 1. The van der Waals surface area contributed by atoms with Crippen LogP contribution in [-0.2, 0) is 4.79 Å². The van der Waals surface area contributed by atoms with Crippen LogP contribution in [-0.4, -0.2) is 22.8 Å². The number of rotatable bonds is 2. The quantitative estimate of drug-likeness (QED) is 0.728. The summed E-state index contributed by atoms with van der Waals surface area (Å²) in [6, 6.07) is 0. The lowest BCUT2D eigenvalue weighted by Gasteiger charge is -2.34. The Morgan fingerprint density at radius 1 is 1.41 bits per heavy atom. The maximum absolute atomic E-state index is 12.1. The van der Waals surface area contributed by atoms with Crippen LogP contribution in [0.5, 0.6) is 0 Å². The van der Waals surface area contributed by atoms with Gasteiger partial charge in [-0.2, -0.15) is 0 Å². The number of hydrogen-bond acceptors (Lipinski definition) is 2. The molecule has 0 aromatic rings. The first kappa shape index (κ1) is 14.3. The Balaban J connectivity index is 3.13. The third-order valence-corrected chi connectivity index (χ3v) is 3.70. The Morgan fingerprint density at radius 3 is 2.47 bits per heavy atom. The molecule has 0 saturated carbocycles. The summed E-state index contributed by atoms with van der Waals surface area (Å²) in [6.07, 6.45) is 4.98. The summed E-state index contributed by atoms with van der Waals surface area (Å²) in [5.74, 6) is 0.297. The van der Waals surface area contributed by atoms with E-state index in [0.29, 0.717) is 12.2 Å². The molecule has 0 aromatic heterocycles. The molecule has 0 bridgehead atoms. The number of nitrogens with zero attached hydrogens (tertiary/aromatic N) is 1. The number of carbonyl (C=O) groups excluding carboxylic acids is 1. The monoisotopic (exact) mass is 237 g/mol. The van der Waals surface area contributed by atoms with Crippen LogP contribution in [0.4, 0.5) is 0 Å². The molecule has 0 unspecified atom stereocenters. The van der Waals surface area contributed by atoms with Gasteiger partial charge in [-0.25, -0.2) is 0 Å². The maximum atomic E-state index is 12.1. The Hall–Kier alpha value is -0.790. The van der Waals surface area contributed by atoms with Crippen LogP contribution in [0.15, 0.2) is 11.8 Å². The first-order chi connectivity index (χ1) is 7.68. The van der Waals surface area contributed by atoms with Gasteiger partial charge in [-0.3, -0.25) is 4.79 Å². The van der Waals surface area contributed by atoms with Gasteiger partial charge in [0.25, 0.3) is 0 Å². The topological polar surface area (TPSA) is 20.3 Å². The van der Waals surface area contributed by atoms with Crippen molar-refractivity contribution < 1.29 is 4.79 Å². The predicted octanol–water partition coefficient (Wildman–Crippen LogP) is 3.77. The zero-order chi connectivity index (χ0) is 13.3. The summed E-state index contributed by atoms with van der Waals surface area (Å²) in [4.78, 5) is 14.4. The standard InChI is InChI=1S/C15H27NO/c1-7-13(17)12-11-16(14(2,3)4)10-8-9-15(12,5)6/h11H,7-10H2,1-6H3.